The molecule has 7 atom stereocenters. The van der Waals surface area contributed by atoms with E-state index in [0.29, 0.717) is 45.7 Å². The zero-order valence-electron chi connectivity index (χ0n) is 45.5. The van der Waals surface area contributed by atoms with Gasteiger partial charge in [0, 0.05) is 67.3 Å². The highest BCUT2D eigenvalue weighted by atomic mass is 19.4. The Labute approximate surface area is 465 Å². The van der Waals surface area contributed by atoms with Crippen molar-refractivity contribution >= 4 is 34.4 Å². The maximum atomic E-state index is 15.3. The number of carbonyl (C=O) groups is 2. The van der Waals surface area contributed by atoms with E-state index in [2.05, 4.69) is 41.0 Å². The zero-order valence-corrected chi connectivity index (χ0v) is 45.5. The summed E-state index contributed by atoms with van der Waals surface area (Å²) >= 11 is 0. The minimum atomic E-state index is -4.80. The van der Waals surface area contributed by atoms with Crippen LogP contribution in [0, 0.1) is 12.8 Å². The van der Waals surface area contributed by atoms with Crippen molar-refractivity contribution in [3.05, 3.63) is 113 Å². The fraction of sp³-hybridized carbons (Fsp3) is 0.431. The molecule has 3 saturated heterocycles. The fourth-order valence-electron chi connectivity index (χ4n) is 11.4. The number of rotatable bonds is 19. The number of methoxy groups -OCH3 is 1. The van der Waals surface area contributed by atoms with Gasteiger partial charge in [0.2, 0.25) is 11.8 Å². The molecule has 424 valence electrons. The van der Waals surface area contributed by atoms with Gasteiger partial charge in [-0.2, -0.15) is 33.3 Å². The first-order valence-corrected chi connectivity index (χ1v) is 27.3. The zero-order chi connectivity index (χ0) is 56.9. The summed E-state index contributed by atoms with van der Waals surface area (Å²) in [5, 5.41) is 44.9. The number of halogens is 3. The lowest BCUT2D eigenvalue weighted by Crippen LogP contribution is -2.50. The van der Waals surface area contributed by atoms with Gasteiger partial charge in [0.1, 0.15) is 48.1 Å². The van der Waals surface area contributed by atoms with Gasteiger partial charge in [-0.3, -0.25) is 9.59 Å². The SMILES string of the molecule is CO[C@@H](C)COc1nc(N2C[C@@H]3C[C@H]2CN3)c2cc(C3CC3)c(-c3nc(N)cc(C)c3C(F)(F)F)c(OCc3ccc(-c4cn([C@H](C(=O)N5C[C@H](O)C[C@H]5C(=O)N[C@@H](CO)c5ccc(-c6ccnnc6)cc5)C(C)C)nn4)cc3)c2n1. The number of benzene rings is 3. The molecule has 81 heavy (non-hydrogen) atoms. The lowest BCUT2D eigenvalue weighted by molar-refractivity contribution is -0.142. The average Bonchev–Trinajstić information content (AvgIpc) is 3.63. The molecule has 0 unspecified atom stereocenters. The van der Waals surface area contributed by atoms with Crippen molar-refractivity contribution in [2.45, 2.75) is 114 Å². The van der Waals surface area contributed by atoms with Crippen LogP contribution in [0.3, 0.4) is 0 Å². The van der Waals surface area contributed by atoms with Crippen molar-refractivity contribution < 1.29 is 47.2 Å². The molecule has 4 aromatic heterocycles. The number of nitrogen functional groups attached to an aromatic ring is 1. The van der Waals surface area contributed by atoms with E-state index in [1.165, 1.54) is 22.6 Å². The Morgan fingerprint density at radius 2 is 1.70 bits per heavy atom. The number of aromatic nitrogens is 8. The Hall–Kier alpha value is -7.86. The van der Waals surface area contributed by atoms with Gasteiger partial charge in [0.25, 0.3) is 0 Å². The van der Waals surface area contributed by atoms with Gasteiger partial charge in [-0.25, -0.2) is 9.67 Å². The summed E-state index contributed by atoms with van der Waals surface area (Å²) < 4.78 is 65.9. The first-order valence-electron chi connectivity index (χ1n) is 27.3. The van der Waals surface area contributed by atoms with Crippen LogP contribution in [0.15, 0.2) is 85.3 Å². The number of fused-ring (bicyclic) bond motifs is 3. The number of nitrogens with one attached hydrogen (secondary N) is 2. The molecule has 2 amide bonds. The number of hydrogen-bond donors (Lipinski definition) is 5. The number of β-amino-alcohol motifs (C(OH)–C–C–N with tert-alkyl or cyclic N) is 1. The van der Waals surface area contributed by atoms with Crippen molar-refractivity contribution in [3.8, 4) is 45.4 Å². The smallest absolute Gasteiger partial charge is 0.418 e. The number of aliphatic hydroxyl groups excluding tert-OH is 2. The van der Waals surface area contributed by atoms with E-state index >= 15 is 13.2 Å². The van der Waals surface area contributed by atoms with E-state index in [0.717, 1.165) is 36.9 Å². The molecule has 3 aliphatic heterocycles. The molecule has 2 bridgehead atoms. The first kappa shape index (κ1) is 55.1. The second-order valence-corrected chi connectivity index (χ2v) is 21.9. The molecule has 4 aliphatic rings. The number of aryl methyl sites for hydroxylation is 1. The highest BCUT2D eigenvalue weighted by Gasteiger charge is 2.45. The Balaban J connectivity index is 0.876. The highest BCUT2D eigenvalue weighted by Crippen LogP contribution is 2.54. The summed E-state index contributed by atoms with van der Waals surface area (Å²) in [7, 11) is 1.57. The van der Waals surface area contributed by atoms with E-state index in [1.54, 1.807) is 37.8 Å². The summed E-state index contributed by atoms with van der Waals surface area (Å²) in [5.41, 5.74) is 10.1. The number of hydrogen-bond acceptors (Lipinski definition) is 17. The molecule has 6 N–H and O–H groups in total. The van der Waals surface area contributed by atoms with Crippen molar-refractivity contribution in [1.82, 2.24) is 55.7 Å². The van der Waals surface area contributed by atoms with Gasteiger partial charge in [0.15, 0.2) is 5.75 Å². The molecule has 1 saturated carbocycles. The largest absolute Gasteiger partial charge is 0.486 e. The normalized spacial score (nSPS) is 20.0. The van der Waals surface area contributed by atoms with Crippen LogP contribution in [-0.4, -0.2) is 137 Å². The molecule has 7 heterocycles. The summed E-state index contributed by atoms with van der Waals surface area (Å²) in [6, 6.07) is 17.2. The third-order valence-electron chi connectivity index (χ3n) is 15.8. The molecule has 20 nitrogen and oxygen atoms in total. The Morgan fingerprint density at radius 1 is 0.938 bits per heavy atom. The van der Waals surface area contributed by atoms with Crippen LogP contribution in [-0.2, 0) is 27.1 Å². The number of ether oxygens (including phenoxy) is 3. The molecule has 3 aromatic carbocycles. The number of aliphatic hydroxyl groups is 2. The van der Waals surface area contributed by atoms with E-state index in [1.807, 2.05) is 69.3 Å². The van der Waals surface area contributed by atoms with Gasteiger partial charge < -0.3 is 50.6 Å². The van der Waals surface area contributed by atoms with E-state index in [4.69, 9.17) is 29.9 Å². The summed E-state index contributed by atoms with van der Waals surface area (Å²) in [6.45, 7) is 7.86. The quantitative estimate of drug-likeness (QED) is 0.0562. The number of piperazine rings is 1. The van der Waals surface area contributed by atoms with Crippen LogP contribution in [0.25, 0.3) is 44.5 Å². The van der Waals surface area contributed by atoms with Crippen LogP contribution in [0.4, 0.5) is 24.8 Å². The second-order valence-electron chi connectivity index (χ2n) is 21.9. The van der Waals surface area contributed by atoms with Gasteiger partial charge in [-0.1, -0.05) is 67.6 Å². The van der Waals surface area contributed by atoms with Crippen LogP contribution in [0.5, 0.6) is 11.8 Å². The number of carbonyl (C=O) groups excluding carboxylic acids is 2. The minimum absolute atomic E-state index is 0.00152. The number of amides is 2. The Kier molecular flexibility index (Phi) is 15.4. The standard InChI is InChI=1S/C58H64F3N13O7/c1-30(2)52(56(78)73-25-41(76)20-46(73)55(77)66-45(27-75)37-14-10-34(11-15-37)38-16-17-64-65-22-38)74-26-44(70-71-74)36-8-6-33(7-9-36)29-80-53-48(51-49(58(59,60)61)31(3)18-47(62)67-51)42(35-12-13-35)21-43-50(53)68-57(81-28-32(4)79-5)69-54(43)72-24-39-19-40(72)23-63-39/h6-11,14-18,21-22,26,30,32,35,39-41,45-46,52,63,75-76H,12-13,19-20,23-25,27-29H2,1-5H3,(H2,62,67)(H,66,77)/t32-,39-,40-,41+,45-,46-,52-/m0/s1. The maximum absolute atomic E-state index is 15.3. The number of alkyl halides is 3. The highest BCUT2D eigenvalue weighted by molar-refractivity contribution is 6.01. The minimum Gasteiger partial charge on any atom is -0.486 e. The molecule has 1 aliphatic carbocycles. The Bertz CT molecular complexity index is 3440. The predicted molar refractivity (Wildman–Crippen MR) is 294 cm³/mol. The topological polar surface area (TPSA) is 254 Å². The molecular formula is C58H64F3N13O7. The van der Waals surface area contributed by atoms with Crippen molar-refractivity contribution in [3.63, 3.8) is 0 Å². The Morgan fingerprint density at radius 3 is 2.36 bits per heavy atom. The van der Waals surface area contributed by atoms with Crippen molar-refractivity contribution in [2.75, 3.05) is 50.6 Å². The first-order chi connectivity index (χ1) is 39.0. The molecule has 23 heteroatoms. The van der Waals surface area contributed by atoms with Crippen LogP contribution in [0.2, 0.25) is 0 Å². The summed E-state index contributed by atoms with van der Waals surface area (Å²) in [6.07, 6.45) is 1.19. The van der Waals surface area contributed by atoms with Gasteiger partial charge >= 0.3 is 12.2 Å². The van der Waals surface area contributed by atoms with Crippen molar-refractivity contribution in [2.24, 2.45) is 5.92 Å². The maximum Gasteiger partial charge on any atom is 0.418 e. The third kappa shape index (κ3) is 11.3. The van der Waals surface area contributed by atoms with E-state index < -0.39 is 54.4 Å². The summed E-state index contributed by atoms with van der Waals surface area (Å²) in [5.74, 6) is -0.750. The number of nitrogens with two attached hydrogens (primary N) is 1. The second kappa shape index (κ2) is 22.6. The number of likely N-dealkylation sites (tertiary alicyclic amines) is 1. The van der Waals surface area contributed by atoms with Crippen molar-refractivity contribution in [1.29, 1.82) is 0 Å². The fourth-order valence-corrected chi connectivity index (χ4v) is 11.4. The molecule has 0 spiro atoms. The van der Waals surface area contributed by atoms with E-state index in [9.17, 15) is 19.8 Å². The average molecular weight is 1110 g/mol. The van der Waals surface area contributed by atoms with Crippen LogP contribution >= 0.6 is 0 Å². The van der Waals surface area contributed by atoms with E-state index in [-0.39, 0.29) is 96.1 Å². The lowest BCUT2D eigenvalue weighted by Gasteiger charge is -2.30. The van der Waals surface area contributed by atoms with Crippen LogP contribution in [0.1, 0.15) is 92.3 Å². The molecule has 4 fully saturated rings. The molecule has 7 aromatic rings. The predicted octanol–water partition coefficient (Wildman–Crippen LogP) is 6.75. The lowest BCUT2D eigenvalue weighted by atomic mass is 9.92. The summed E-state index contributed by atoms with van der Waals surface area (Å²) in [4.78, 5) is 46.5. The van der Waals surface area contributed by atoms with Gasteiger partial charge in [-0.15, -0.1) is 5.10 Å². The number of anilines is 2. The monoisotopic (exact) mass is 1110 g/mol. The number of nitrogens with zero attached hydrogens (tertiary/aromatic N) is 10. The number of pyridine rings is 1. The van der Waals surface area contributed by atoms with Crippen LogP contribution < -0.4 is 30.7 Å². The molecular weight excluding hydrogens is 1050 g/mol. The molecule has 11 rings (SSSR count). The third-order valence-corrected chi connectivity index (χ3v) is 15.8. The van der Waals surface area contributed by atoms with Gasteiger partial charge in [-0.05, 0) is 91.0 Å². The molecule has 0 radical (unpaired) electrons. The van der Waals surface area contributed by atoms with Gasteiger partial charge in [0.05, 0.1) is 54.7 Å².